The van der Waals surface area contributed by atoms with E-state index < -0.39 is 0 Å². The van der Waals surface area contributed by atoms with Crippen LogP contribution in [-0.2, 0) is 0 Å². The van der Waals surface area contributed by atoms with Crippen LogP contribution in [0.2, 0.25) is 5.02 Å². The molecule has 0 N–H and O–H groups in total. The summed E-state index contributed by atoms with van der Waals surface area (Å²) in [6.07, 6.45) is 0.798. The molecule has 19 heavy (non-hydrogen) atoms. The average molecular weight is 340 g/mol. The molecule has 2 aromatic carbocycles. The molecular weight excluding hydrogens is 328 g/mol. The van der Waals surface area contributed by atoms with Crippen molar-refractivity contribution in [2.45, 2.75) is 13.8 Å². The maximum Gasteiger partial charge on any atom is 0.151 e. The third kappa shape index (κ3) is 3.17. The molecule has 98 valence electrons. The Labute approximate surface area is 125 Å². The zero-order chi connectivity index (χ0) is 14.0. The zero-order valence-electron chi connectivity index (χ0n) is 10.5. The molecule has 0 fully saturated rings. The van der Waals surface area contributed by atoms with Gasteiger partial charge in [-0.25, -0.2) is 0 Å². The standard InChI is InChI=1S/C15H12BrClO2/c1-9-5-12(17)6-10(2)15(9)19-13-4-3-11(8-18)14(16)7-13/h3-8H,1-2H3. The van der Waals surface area contributed by atoms with E-state index in [1.165, 1.54) is 0 Å². The van der Waals surface area contributed by atoms with Gasteiger partial charge in [-0.3, -0.25) is 4.79 Å². The largest absolute Gasteiger partial charge is 0.457 e. The summed E-state index contributed by atoms with van der Waals surface area (Å²) in [5.41, 5.74) is 2.54. The van der Waals surface area contributed by atoms with Gasteiger partial charge in [0.25, 0.3) is 0 Å². The minimum absolute atomic E-state index is 0.594. The second-order valence-electron chi connectivity index (χ2n) is 4.27. The van der Waals surface area contributed by atoms with Crippen LogP contribution in [0.25, 0.3) is 0 Å². The molecule has 0 unspecified atom stereocenters. The minimum atomic E-state index is 0.594. The van der Waals surface area contributed by atoms with Crippen LogP contribution in [0, 0.1) is 13.8 Å². The van der Waals surface area contributed by atoms with Gasteiger partial charge in [-0.05, 0) is 71.2 Å². The lowest BCUT2D eigenvalue weighted by atomic mass is 10.1. The van der Waals surface area contributed by atoms with Gasteiger partial charge in [0.15, 0.2) is 6.29 Å². The van der Waals surface area contributed by atoms with E-state index in [0.29, 0.717) is 20.8 Å². The molecule has 0 saturated heterocycles. The fourth-order valence-electron chi connectivity index (χ4n) is 1.84. The van der Waals surface area contributed by atoms with E-state index in [1.54, 1.807) is 18.2 Å². The highest BCUT2D eigenvalue weighted by Gasteiger charge is 2.08. The SMILES string of the molecule is Cc1cc(Cl)cc(C)c1Oc1ccc(C=O)c(Br)c1. The Hall–Kier alpha value is -1.32. The van der Waals surface area contributed by atoms with E-state index in [4.69, 9.17) is 16.3 Å². The summed E-state index contributed by atoms with van der Waals surface area (Å²) in [6.45, 7) is 3.89. The summed E-state index contributed by atoms with van der Waals surface area (Å²) in [4.78, 5) is 10.8. The number of ether oxygens (including phenoxy) is 1. The van der Waals surface area contributed by atoms with Crippen LogP contribution in [0.4, 0.5) is 0 Å². The summed E-state index contributed by atoms with van der Waals surface area (Å²) in [6, 6.07) is 8.98. The van der Waals surface area contributed by atoms with Crippen LogP contribution in [0.15, 0.2) is 34.8 Å². The number of carbonyl (C=O) groups excluding carboxylic acids is 1. The summed E-state index contributed by atoms with van der Waals surface area (Å²) in [5, 5.41) is 0.694. The quantitative estimate of drug-likeness (QED) is 0.707. The molecule has 0 aliphatic carbocycles. The molecule has 0 amide bonds. The van der Waals surface area contributed by atoms with Gasteiger partial charge in [-0.15, -0.1) is 0 Å². The molecule has 2 nitrogen and oxygen atoms in total. The van der Waals surface area contributed by atoms with Gasteiger partial charge >= 0.3 is 0 Å². The summed E-state index contributed by atoms with van der Waals surface area (Å²) in [5.74, 6) is 1.46. The molecule has 0 atom stereocenters. The van der Waals surface area contributed by atoms with Crippen molar-refractivity contribution < 1.29 is 9.53 Å². The third-order valence-corrected chi connectivity index (χ3v) is 3.65. The Kier molecular flexibility index (Phi) is 4.27. The van der Waals surface area contributed by atoms with E-state index in [1.807, 2.05) is 26.0 Å². The van der Waals surface area contributed by atoms with Crippen LogP contribution in [0.3, 0.4) is 0 Å². The lowest BCUT2D eigenvalue weighted by Crippen LogP contribution is -1.92. The van der Waals surface area contributed by atoms with Crippen molar-refractivity contribution in [2.75, 3.05) is 0 Å². The molecule has 4 heteroatoms. The molecule has 0 radical (unpaired) electrons. The molecule has 0 bridgehead atoms. The van der Waals surface area contributed by atoms with Crippen molar-refractivity contribution in [3.05, 3.63) is 56.5 Å². The fraction of sp³-hybridized carbons (Fsp3) is 0.133. The van der Waals surface area contributed by atoms with Crippen LogP contribution in [0.1, 0.15) is 21.5 Å². The minimum Gasteiger partial charge on any atom is -0.457 e. The maximum absolute atomic E-state index is 10.8. The molecule has 2 rings (SSSR count). The number of hydrogen-bond donors (Lipinski definition) is 0. The first-order valence-corrected chi connectivity index (χ1v) is 6.87. The topological polar surface area (TPSA) is 26.3 Å². The second kappa shape index (κ2) is 5.76. The first-order chi connectivity index (χ1) is 9.01. The number of aldehydes is 1. The van der Waals surface area contributed by atoms with E-state index >= 15 is 0 Å². The highest BCUT2D eigenvalue weighted by molar-refractivity contribution is 9.10. The molecular formula is C15H12BrClO2. The smallest absolute Gasteiger partial charge is 0.151 e. The van der Waals surface area contributed by atoms with Gasteiger partial charge in [0.1, 0.15) is 11.5 Å². The van der Waals surface area contributed by atoms with Crippen LogP contribution < -0.4 is 4.74 Å². The molecule has 2 aromatic rings. The van der Waals surface area contributed by atoms with Gasteiger partial charge in [0, 0.05) is 15.1 Å². The molecule has 0 heterocycles. The predicted octanol–water partition coefficient (Wildman–Crippen LogP) is 5.32. The number of carbonyl (C=O) groups is 1. The summed E-state index contributed by atoms with van der Waals surface area (Å²) < 4.78 is 6.58. The van der Waals surface area contributed by atoms with Crippen molar-refractivity contribution in [2.24, 2.45) is 0 Å². The maximum atomic E-state index is 10.8. The normalized spacial score (nSPS) is 10.3. The van der Waals surface area contributed by atoms with Crippen LogP contribution in [0.5, 0.6) is 11.5 Å². The van der Waals surface area contributed by atoms with E-state index in [-0.39, 0.29) is 0 Å². The lowest BCUT2D eigenvalue weighted by Gasteiger charge is -2.12. The van der Waals surface area contributed by atoms with Gasteiger partial charge in [0.2, 0.25) is 0 Å². The first-order valence-electron chi connectivity index (χ1n) is 5.70. The monoisotopic (exact) mass is 338 g/mol. The van der Waals surface area contributed by atoms with Crippen molar-refractivity contribution in [3.8, 4) is 11.5 Å². The van der Waals surface area contributed by atoms with Crippen LogP contribution in [-0.4, -0.2) is 6.29 Å². The molecule has 0 aliphatic heterocycles. The number of rotatable bonds is 3. The Morgan fingerprint density at radius 2 is 1.79 bits per heavy atom. The van der Waals surface area contributed by atoms with E-state index in [0.717, 1.165) is 23.2 Å². The second-order valence-corrected chi connectivity index (χ2v) is 5.56. The van der Waals surface area contributed by atoms with Crippen LogP contribution >= 0.6 is 27.5 Å². The van der Waals surface area contributed by atoms with Crippen molar-refractivity contribution in [3.63, 3.8) is 0 Å². The van der Waals surface area contributed by atoms with E-state index in [2.05, 4.69) is 15.9 Å². The Morgan fingerprint density at radius 3 is 2.32 bits per heavy atom. The third-order valence-electron chi connectivity index (χ3n) is 2.74. The van der Waals surface area contributed by atoms with Crippen molar-refractivity contribution in [1.29, 1.82) is 0 Å². The molecule has 0 saturated carbocycles. The summed E-state index contributed by atoms with van der Waals surface area (Å²) >= 11 is 9.33. The highest BCUT2D eigenvalue weighted by Crippen LogP contribution is 2.32. The molecule has 0 aliphatic rings. The Balaban J connectivity index is 2.36. The number of hydrogen-bond acceptors (Lipinski definition) is 2. The van der Waals surface area contributed by atoms with Gasteiger partial charge in [-0.2, -0.15) is 0 Å². The zero-order valence-corrected chi connectivity index (χ0v) is 12.9. The van der Waals surface area contributed by atoms with Crippen molar-refractivity contribution in [1.82, 2.24) is 0 Å². The van der Waals surface area contributed by atoms with Gasteiger partial charge in [-0.1, -0.05) is 11.6 Å². The average Bonchev–Trinajstić information content (AvgIpc) is 2.34. The molecule has 0 spiro atoms. The fourth-order valence-corrected chi connectivity index (χ4v) is 2.62. The lowest BCUT2D eigenvalue weighted by molar-refractivity contribution is 0.112. The number of halogens is 2. The van der Waals surface area contributed by atoms with Gasteiger partial charge < -0.3 is 4.74 Å². The number of aryl methyl sites for hydroxylation is 2. The Morgan fingerprint density at radius 1 is 1.16 bits per heavy atom. The summed E-state index contributed by atoms with van der Waals surface area (Å²) in [7, 11) is 0. The van der Waals surface area contributed by atoms with E-state index in [9.17, 15) is 4.79 Å². The van der Waals surface area contributed by atoms with Gasteiger partial charge in [0.05, 0.1) is 0 Å². The van der Waals surface area contributed by atoms with Crippen molar-refractivity contribution >= 4 is 33.8 Å². The number of benzene rings is 2. The Bertz CT molecular complexity index is 615. The first kappa shape index (κ1) is 14.1. The highest BCUT2D eigenvalue weighted by atomic mass is 79.9. The predicted molar refractivity (Wildman–Crippen MR) is 80.5 cm³/mol. The molecule has 0 aromatic heterocycles.